The molecular weight excluding hydrogens is 356 g/mol. The van der Waals surface area contributed by atoms with Crippen LogP contribution in [-0.2, 0) is 10.1 Å². The number of benzene rings is 3. The second-order valence-electron chi connectivity index (χ2n) is 5.49. The van der Waals surface area contributed by atoms with Gasteiger partial charge in [-0.3, -0.25) is 4.55 Å². The summed E-state index contributed by atoms with van der Waals surface area (Å²) in [6.07, 6.45) is 0. The van der Waals surface area contributed by atoms with Crippen molar-refractivity contribution in [2.45, 2.75) is 53.4 Å². The number of hydrogen-bond donors (Lipinski definition) is 1. The van der Waals surface area contributed by atoms with Crippen molar-refractivity contribution in [2.24, 2.45) is 0 Å². The van der Waals surface area contributed by atoms with Crippen LogP contribution < -0.4 is 0 Å². The van der Waals surface area contributed by atoms with E-state index >= 15 is 0 Å². The second kappa shape index (κ2) is 12.3. The Hall–Kier alpha value is -2.17. The van der Waals surface area contributed by atoms with Crippen LogP contribution in [0.4, 0.5) is 0 Å². The largest absolute Gasteiger partial charge is 0.295 e. The maximum atomic E-state index is 11.2. The van der Waals surface area contributed by atoms with Gasteiger partial charge in [0.1, 0.15) is 4.90 Å². The van der Waals surface area contributed by atoms with E-state index in [1.807, 2.05) is 45.9 Å². The van der Waals surface area contributed by atoms with Crippen molar-refractivity contribution in [2.75, 3.05) is 0 Å². The summed E-state index contributed by atoms with van der Waals surface area (Å²) in [5.41, 5.74) is 3.29. The van der Waals surface area contributed by atoms with Gasteiger partial charge in [0.2, 0.25) is 0 Å². The number of hydrogen-bond acceptors (Lipinski definition) is 2. The van der Waals surface area contributed by atoms with Gasteiger partial charge in [-0.25, -0.2) is 0 Å². The van der Waals surface area contributed by atoms with Gasteiger partial charge in [0.25, 0.3) is 10.1 Å². The van der Waals surface area contributed by atoms with Crippen LogP contribution in [0.2, 0.25) is 0 Å². The third-order valence-corrected chi connectivity index (χ3v) is 4.82. The van der Waals surface area contributed by atoms with Gasteiger partial charge < -0.3 is 0 Å². The Kier molecular flexibility index (Phi) is 11.3. The van der Waals surface area contributed by atoms with Gasteiger partial charge in [0.15, 0.2) is 0 Å². The molecule has 0 radical (unpaired) electrons. The van der Waals surface area contributed by atoms with Crippen LogP contribution in [0.5, 0.6) is 0 Å². The van der Waals surface area contributed by atoms with Crippen molar-refractivity contribution in [1.29, 1.82) is 0 Å². The zero-order chi connectivity index (χ0) is 21.0. The molecule has 0 fully saturated rings. The van der Waals surface area contributed by atoms with Crippen LogP contribution in [0.25, 0.3) is 10.8 Å². The summed E-state index contributed by atoms with van der Waals surface area (Å²) in [4.78, 5) is 0.000556. The lowest BCUT2D eigenvalue weighted by Crippen LogP contribution is -2.01. The van der Waals surface area contributed by atoms with Gasteiger partial charge in [-0.05, 0) is 42.8 Å². The van der Waals surface area contributed by atoms with Crippen molar-refractivity contribution >= 4 is 20.9 Å². The minimum Gasteiger partial charge on any atom is -0.282 e. The minimum atomic E-state index is -4.16. The summed E-state index contributed by atoms with van der Waals surface area (Å²) in [5.74, 6) is 0. The molecule has 0 unspecified atom stereocenters. The molecule has 0 saturated carbocycles. The van der Waals surface area contributed by atoms with Crippen LogP contribution in [0.3, 0.4) is 0 Å². The van der Waals surface area contributed by atoms with Crippen LogP contribution in [-0.4, -0.2) is 13.0 Å². The van der Waals surface area contributed by atoms with Crippen molar-refractivity contribution < 1.29 is 13.0 Å². The Balaban J connectivity index is 0.000000477. The summed E-state index contributed by atoms with van der Waals surface area (Å²) >= 11 is 0. The number of rotatable bonds is 1. The van der Waals surface area contributed by atoms with Gasteiger partial charge in [-0.15, -0.1) is 0 Å². The van der Waals surface area contributed by atoms with Crippen molar-refractivity contribution in [1.82, 2.24) is 0 Å². The molecule has 0 atom stereocenters. The third-order valence-electron chi connectivity index (χ3n) is 3.76. The van der Waals surface area contributed by atoms with E-state index in [9.17, 15) is 8.42 Å². The molecule has 0 bridgehead atoms. The lowest BCUT2D eigenvalue weighted by Gasteiger charge is -2.06. The van der Waals surface area contributed by atoms with Crippen LogP contribution in [0.15, 0.2) is 65.6 Å². The molecule has 0 saturated heterocycles. The van der Waals surface area contributed by atoms with Gasteiger partial charge in [0, 0.05) is 5.39 Å². The smallest absolute Gasteiger partial charge is 0.282 e. The predicted molar refractivity (Wildman–Crippen MR) is 117 cm³/mol. The molecule has 1 N–H and O–H groups in total. The lowest BCUT2D eigenvalue weighted by atomic mass is 10.1. The fraction of sp³-hybridized carbons (Fsp3) is 0.304. The highest BCUT2D eigenvalue weighted by Crippen LogP contribution is 2.25. The maximum absolute atomic E-state index is 11.2. The predicted octanol–water partition coefficient (Wildman–Crippen LogP) is 6.75. The molecule has 27 heavy (non-hydrogen) atoms. The quantitative estimate of drug-likeness (QED) is 0.469. The van der Waals surface area contributed by atoms with E-state index in [0.717, 1.165) is 5.39 Å². The average Bonchev–Trinajstić information content (AvgIpc) is 2.67. The molecule has 0 heterocycles. The first-order chi connectivity index (χ1) is 12.8. The van der Waals surface area contributed by atoms with Gasteiger partial charge >= 0.3 is 0 Å². The van der Waals surface area contributed by atoms with Crippen LogP contribution in [0.1, 0.15) is 44.4 Å². The normalized spacial score (nSPS) is 9.78. The Morgan fingerprint density at radius 3 is 1.52 bits per heavy atom. The first-order valence-electron chi connectivity index (χ1n) is 9.29. The third kappa shape index (κ3) is 7.53. The summed E-state index contributed by atoms with van der Waals surface area (Å²) in [6.45, 7) is 13.9. The highest BCUT2D eigenvalue weighted by atomic mass is 32.2. The van der Waals surface area contributed by atoms with E-state index in [1.165, 1.54) is 11.1 Å². The Labute approximate surface area is 164 Å². The fourth-order valence-corrected chi connectivity index (χ4v) is 3.30. The topological polar surface area (TPSA) is 54.4 Å². The van der Waals surface area contributed by atoms with Crippen LogP contribution >= 0.6 is 0 Å². The van der Waals surface area contributed by atoms with E-state index in [1.54, 1.807) is 25.1 Å². The highest BCUT2D eigenvalue weighted by Gasteiger charge is 2.16. The van der Waals surface area contributed by atoms with E-state index in [4.69, 9.17) is 4.55 Å². The van der Waals surface area contributed by atoms with Crippen molar-refractivity contribution in [3.8, 4) is 0 Å². The molecule has 3 rings (SSSR count). The molecule has 3 nitrogen and oxygen atoms in total. The monoisotopic (exact) mass is 388 g/mol. The van der Waals surface area contributed by atoms with E-state index < -0.39 is 10.1 Å². The molecule has 0 amide bonds. The zero-order valence-corrected chi connectivity index (χ0v) is 18.3. The Morgan fingerprint density at radius 1 is 0.630 bits per heavy atom. The lowest BCUT2D eigenvalue weighted by molar-refractivity contribution is 0.483. The molecular formula is C23H32O3S. The zero-order valence-electron chi connectivity index (χ0n) is 17.4. The van der Waals surface area contributed by atoms with E-state index in [0.29, 0.717) is 10.9 Å². The van der Waals surface area contributed by atoms with Crippen molar-refractivity contribution in [3.05, 3.63) is 77.4 Å². The highest BCUT2D eigenvalue weighted by molar-refractivity contribution is 7.86. The molecule has 0 aliphatic carbocycles. The summed E-state index contributed by atoms with van der Waals surface area (Å²) in [6, 6.07) is 18.9. The molecule has 3 aromatic rings. The Morgan fingerprint density at radius 2 is 1.07 bits per heavy atom. The second-order valence-corrected chi connectivity index (χ2v) is 6.85. The molecule has 0 aliphatic heterocycles. The molecule has 0 aliphatic rings. The fourth-order valence-electron chi connectivity index (χ4n) is 2.36. The Bertz CT molecular complexity index is 908. The summed E-state index contributed by atoms with van der Waals surface area (Å²) in [5, 5.41) is 1.36. The number of fused-ring (bicyclic) bond motifs is 1. The first kappa shape index (κ1) is 24.8. The van der Waals surface area contributed by atoms with Gasteiger partial charge in [-0.1, -0.05) is 88.4 Å². The molecule has 148 valence electrons. The average molecular weight is 389 g/mol. The minimum absolute atomic E-state index is 0.000556. The van der Waals surface area contributed by atoms with Gasteiger partial charge in [-0.2, -0.15) is 8.42 Å². The van der Waals surface area contributed by atoms with Crippen molar-refractivity contribution in [3.63, 3.8) is 0 Å². The van der Waals surface area contributed by atoms with Crippen LogP contribution in [0, 0.1) is 20.8 Å². The molecule has 0 spiro atoms. The number of aryl methyl sites for hydroxylation is 3. The maximum Gasteiger partial charge on any atom is 0.295 e. The molecule has 3 aromatic carbocycles. The first-order valence-corrected chi connectivity index (χ1v) is 10.7. The molecule has 0 aromatic heterocycles. The van der Waals surface area contributed by atoms with E-state index in [2.05, 4.69) is 38.1 Å². The molecule has 4 heteroatoms. The summed E-state index contributed by atoms with van der Waals surface area (Å²) in [7, 11) is -4.16. The van der Waals surface area contributed by atoms with E-state index in [-0.39, 0.29) is 4.90 Å². The SMILES string of the molecule is CC.CC.Cc1ccc2ccccc2c1S(=O)(=O)O.Cc1ccccc1C. The standard InChI is InChI=1S/C11H10O3S.C8H10.2C2H6/c1-8-6-7-9-4-2-3-5-10(9)11(8)15(12,13)14;1-7-5-3-4-6-8(7)2;2*1-2/h2-7H,1H3,(H,12,13,14);3-6H,1-2H3;2*1-2H3. The van der Waals surface area contributed by atoms with Gasteiger partial charge in [0.05, 0.1) is 0 Å². The summed E-state index contributed by atoms with van der Waals surface area (Å²) < 4.78 is 31.6.